The Labute approximate surface area is 145 Å². The summed E-state index contributed by atoms with van der Waals surface area (Å²) in [6.07, 6.45) is 5.30. The highest BCUT2D eigenvalue weighted by molar-refractivity contribution is 5.68. The van der Waals surface area contributed by atoms with Gasteiger partial charge >= 0.3 is 5.97 Å². The van der Waals surface area contributed by atoms with E-state index in [1.54, 1.807) is 11.1 Å². The minimum Gasteiger partial charge on any atom is -0.465 e. The number of carbonyl (C=O) groups excluding carboxylic acids is 1. The minimum atomic E-state index is -0.0603. The van der Waals surface area contributed by atoms with E-state index in [9.17, 15) is 4.79 Å². The third-order valence-electron chi connectivity index (χ3n) is 7.26. The van der Waals surface area contributed by atoms with Crippen molar-refractivity contribution < 1.29 is 9.53 Å². The Balaban J connectivity index is 1.65. The number of likely N-dealkylation sites (N-methyl/N-ethyl adjacent to an activating group) is 1. The van der Waals surface area contributed by atoms with Gasteiger partial charge in [0.1, 0.15) is 0 Å². The zero-order valence-electron chi connectivity index (χ0n) is 15.1. The van der Waals surface area contributed by atoms with E-state index in [4.69, 9.17) is 4.74 Å². The van der Waals surface area contributed by atoms with Crippen molar-refractivity contribution in [3.05, 3.63) is 35.4 Å². The number of esters is 1. The first-order valence-electron chi connectivity index (χ1n) is 9.56. The Morgan fingerprint density at radius 3 is 2.83 bits per heavy atom. The van der Waals surface area contributed by atoms with Gasteiger partial charge < -0.3 is 4.74 Å². The number of carbonyl (C=O) groups is 1. The Kier molecular flexibility index (Phi) is 3.95. The molecule has 24 heavy (non-hydrogen) atoms. The normalized spacial score (nSPS) is 37.1. The number of hydrogen-bond donors (Lipinski definition) is 0. The molecule has 3 nitrogen and oxygen atoms in total. The van der Waals surface area contributed by atoms with Crippen LogP contribution >= 0.6 is 0 Å². The van der Waals surface area contributed by atoms with Gasteiger partial charge in [-0.1, -0.05) is 38.1 Å². The molecule has 5 rings (SSSR count). The highest BCUT2D eigenvalue weighted by Crippen LogP contribution is 2.59. The maximum absolute atomic E-state index is 11.6. The molecular formula is C21H29NO2. The summed E-state index contributed by atoms with van der Waals surface area (Å²) in [5, 5.41) is 0. The van der Waals surface area contributed by atoms with Crippen LogP contribution in [-0.4, -0.2) is 36.6 Å². The molecule has 1 aromatic carbocycles. The Morgan fingerprint density at radius 2 is 2.08 bits per heavy atom. The fraction of sp³-hybridized carbons (Fsp3) is 0.667. The summed E-state index contributed by atoms with van der Waals surface area (Å²) in [6.45, 7) is 4.84. The van der Waals surface area contributed by atoms with E-state index in [0.717, 1.165) is 0 Å². The van der Waals surface area contributed by atoms with Crippen LogP contribution < -0.4 is 0 Å². The van der Waals surface area contributed by atoms with Crippen LogP contribution in [0.1, 0.15) is 50.7 Å². The van der Waals surface area contributed by atoms with E-state index < -0.39 is 0 Å². The molecule has 4 bridgehead atoms. The van der Waals surface area contributed by atoms with Gasteiger partial charge in [0.05, 0.1) is 6.61 Å². The smallest absolute Gasteiger partial charge is 0.305 e. The van der Waals surface area contributed by atoms with Gasteiger partial charge in [-0.05, 0) is 49.8 Å². The van der Waals surface area contributed by atoms with Crippen LogP contribution in [0.3, 0.4) is 0 Å². The van der Waals surface area contributed by atoms with E-state index in [1.807, 2.05) is 6.92 Å². The summed E-state index contributed by atoms with van der Waals surface area (Å²) in [4.78, 5) is 14.2. The zero-order valence-corrected chi connectivity index (χ0v) is 15.1. The van der Waals surface area contributed by atoms with Gasteiger partial charge in [-0.15, -0.1) is 0 Å². The largest absolute Gasteiger partial charge is 0.465 e. The lowest BCUT2D eigenvalue weighted by atomic mass is 9.48. The summed E-state index contributed by atoms with van der Waals surface area (Å²) in [5.41, 5.74) is 3.50. The molecule has 0 amide bonds. The van der Waals surface area contributed by atoms with E-state index >= 15 is 0 Å². The predicted molar refractivity (Wildman–Crippen MR) is 94.9 cm³/mol. The molecule has 0 aromatic heterocycles. The second-order valence-corrected chi connectivity index (χ2v) is 8.01. The van der Waals surface area contributed by atoms with Crippen LogP contribution in [0.25, 0.3) is 0 Å². The molecule has 2 saturated heterocycles. The monoisotopic (exact) mass is 327 g/mol. The van der Waals surface area contributed by atoms with Crippen molar-refractivity contribution in [3.8, 4) is 0 Å². The number of hydrogen-bond acceptors (Lipinski definition) is 3. The van der Waals surface area contributed by atoms with Gasteiger partial charge in [-0.25, -0.2) is 0 Å². The third kappa shape index (κ3) is 2.17. The Hall–Kier alpha value is -1.35. The average Bonchev–Trinajstić information content (AvgIpc) is 2.62. The van der Waals surface area contributed by atoms with Crippen molar-refractivity contribution >= 4 is 5.97 Å². The Morgan fingerprint density at radius 1 is 1.29 bits per heavy atom. The molecule has 0 radical (unpaired) electrons. The van der Waals surface area contributed by atoms with Gasteiger partial charge in [-0.2, -0.15) is 0 Å². The highest BCUT2D eigenvalue weighted by atomic mass is 16.5. The van der Waals surface area contributed by atoms with E-state index in [-0.39, 0.29) is 5.97 Å². The molecule has 1 saturated carbocycles. The van der Waals surface area contributed by atoms with Gasteiger partial charge in [-0.3, -0.25) is 9.69 Å². The molecule has 2 aliphatic heterocycles. The minimum absolute atomic E-state index is 0.0603. The van der Waals surface area contributed by atoms with Crippen LogP contribution in [-0.2, 0) is 21.4 Å². The van der Waals surface area contributed by atoms with Gasteiger partial charge in [0, 0.05) is 29.8 Å². The van der Waals surface area contributed by atoms with Crippen molar-refractivity contribution in [2.24, 2.45) is 11.8 Å². The molecule has 4 unspecified atom stereocenters. The lowest BCUT2D eigenvalue weighted by molar-refractivity contribution is -0.152. The number of ether oxygens (including phenoxy) is 1. The maximum Gasteiger partial charge on any atom is 0.305 e. The summed E-state index contributed by atoms with van der Waals surface area (Å²) in [5.74, 6) is 1.13. The first-order valence-corrected chi connectivity index (χ1v) is 9.56. The SMILES string of the molecule is CCC(=O)OCC1CC2C3Cc4ccccc4[C@@]2(CC)CC1N3C. The van der Waals surface area contributed by atoms with E-state index in [2.05, 4.69) is 43.1 Å². The lowest BCUT2D eigenvalue weighted by Crippen LogP contribution is -2.68. The van der Waals surface area contributed by atoms with Crippen LogP contribution in [0.5, 0.6) is 0 Å². The van der Waals surface area contributed by atoms with Crippen molar-refractivity contribution in [3.63, 3.8) is 0 Å². The van der Waals surface area contributed by atoms with E-state index in [1.165, 1.54) is 25.7 Å². The molecule has 3 heteroatoms. The molecular weight excluding hydrogens is 298 g/mol. The van der Waals surface area contributed by atoms with Gasteiger partial charge in [0.2, 0.25) is 0 Å². The van der Waals surface area contributed by atoms with Crippen LogP contribution in [0.15, 0.2) is 24.3 Å². The molecule has 2 heterocycles. The standard InChI is InChI=1S/C21H29NO2/c1-4-20(23)24-13-15-10-17-18-11-14-8-6-7-9-16(14)21(17,5-2)12-19(15)22(18)3/h6-9,15,17-19H,4-5,10-13H2,1-3H3/t15?,17?,18?,19?,21-/m1/s1. The van der Waals surface area contributed by atoms with Crippen molar-refractivity contribution in [1.82, 2.24) is 4.90 Å². The first-order chi connectivity index (χ1) is 11.6. The second-order valence-electron chi connectivity index (χ2n) is 8.01. The number of nitrogens with zero attached hydrogens (tertiary/aromatic N) is 1. The number of piperidine rings is 2. The summed E-state index contributed by atoms with van der Waals surface area (Å²) >= 11 is 0. The second kappa shape index (κ2) is 5.87. The number of fused-ring (bicyclic) bond motifs is 2. The maximum atomic E-state index is 11.6. The average molecular weight is 327 g/mol. The molecule has 2 aliphatic carbocycles. The summed E-state index contributed by atoms with van der Waals surface area (Å²) in [6, 6.07) is 10.3. The van der Waals surface area contributed by atoms with Crippen molar-refractivity contribution in [2.45, 2.75) is 63.5 Å². The molecule has 130 valence electrons. The third-order valence-corrected chi connectivity index (χ3v) is 7.26. The summed E-state index contributed by atoms with van der Waals surface area (Å²) in [7, 11) is 2.30. The molecule has 0 N–H and O–H groups in total. The molecule has 5 atom stereocenters. The van der Waals surface area contributed by atoms with Gasteiger partial charge in [0.25, 0.3) is 0 Å². The van der Waals surface area contributed by atoms with Crippen LogP contribution in [0.4, 0.5) is 0 Å². The van der Waals surface area contributed by atoms with Crippen LogP contribution in [0.2, 0.25) is 0 Å². The Bertz CT molecular complexity index is 642. The zero-order chi connectivity index (χ0) is 16.9. The fourth-order valence-corrected chi connectivity index (χ4v) is 6.02. The molecule has 1 aromatic rings. The number of benzene rings is 1. The van der Waals surface area contributed by atoms with Gasteiger partial charge in [0.15, 0.2) is 0 Å². The fourth-order valence-electron chi connectivity index (χ4n) is 6.02. The first kappa shape index (κ1) is 16.1. The highest BCUT2D eigenvalue weighted by Gasteiger charge is 2.59. The quantitative estimate of drug-likeness (QED) is 0.792. The molecule has 3 fully saturated rings. The van der Waals surface area contributed by atoms with E-state index in [0.29, 0.717) is 42.4 Å². The predicted octanol–water partition coefficient (Wildman–Crippen LogP) is 3.55. The van der Waals surface area contributed by atoms with Crippen molar-refractivity contribution in [1.29, 1.82) is 0 Å². The lowest BCUT2D eigenvalue weighted by Gasteiger charge is -2.65. The molecule has 0 spiro atoms. The topological polar surface area (TPSA) is 29.5 Å². The summed E-state index contributed by atoms with van der Waals surface area (Å²) < 4.78 is 5.52. The molecule has 4 aliphatic rings. The van der Waals surface area contributed by atoms with Crippen LogP contribution in [0, 0.1) is 11.8 Å². The number of rotatable bonds is 4. The van der Waals surface area contributed by atoms with Crippen molar-refractivity contribution in [2.75, 3.05) is 13.7 Å².